The first-order valence-corrected chi connectivity index (χ1v) is 5.28. The molecule has 0 saturated heterocycles. The summed E-state index contributed by atoms with van der Waals surface area (Å²) >= 11 is 0. The van der Waals surface area contributed by atoms with Crippen LogP contribution in [0.25, 0.3) is 0 Å². The van der Waals surface area contributed by atoms with E-state index in [4.69, 9.17) is 10.2 Å². The smallest absolute Gasteiger partial charge is 0.336 e. The lowest BCUT2D eigenvalue weighted by Crippen LogP contribution is -2.21. The van der Waals surface area contributed by atoms with Gasteiger partial charge in [0.15, 0.2) is 0 Å². The van der Waals surface area contributed by atoms with Gasteiger partial charge in [0.25, 0.3) is 0 Å². The fourth-order valence-electron chi connectivity index (χ4n) is 1.62. The van der Waals surface area contributed by atoms with Crippen LogP contribution in [0.4, 0.5) is 0 Å². The Bertz CT molecular complexity index is 402. The molecule has 0 aliphatic heterocycles. The van der Waals surface area contributed by atoms with Crippen LogP contribution in [-0.4, -0.2) is 39.1 Å². The van der Waals surface area contributed by atoms with E-state index in [1.54, 1.807) is 13.0 Å². The Morgan fingerprint density at radius 2 is 2.00 bits per heavy atom. The molecule has 0 radical (unpaired) electrons. The van der Waals surface area contributed by atoms with Crippen molar-refractivity contribution in [3.63, 3.8) is 0 Å². The van der Waals surface area contributed by atoms with Gasteiger partial charge in [-0.05, 0) is 25.0 Å². The number of carboxylic acid groups (broad SMARTS) is 1. The molecule has 1 aromatic rings. The summed E-state index contributed by atoms with van der Waals surface area (Å²) in [7, 11) is 0. The third kappa shape index (κ3) is 3.26. The molecule has 4 N–H and O–H groups in total. The highest BCUT2D eigenvalue weighted by atomic mass is 16.4. The first kappa shape index (κ1) is 13.6. The van der Waals surface area contributed by atoms with Crippen molar-refractivity contribution in [3.05, 3.63) is 34.9 Å². The van der Waals surface area contributed by atoms with E-state index in [9.17, 15) is 15.0 Å². The lowest BCUT2D eigenvalue weighted by atomic mass is 9.95. The molecule has 1 aromatic carbocycles. The highest BCUT2D eigenvalue weighted by molar-refractivity contribution is 5.89. The van der Waals surface area contributed by atoms with Gasteiger partial charge in [-0.1, -0.05) is 17.7 Å². The second-order valence-electron chi connectivity index (χ2n) is 3.92. The van der Waals surface area contributed by atoms with Crippen molar-refractivity contribution >= 4 is 5.97 Å². The number of aliphatic hydroxyl groups excluding tert-OH is 3. The average Bonchev–Trinajstić information content (AvgIpc) is 2.27. The van der Waals surface area contributed by atoms with Crippen LogP contribution in [0, 0.1) is 6.92 Å². The molecule has 0 aliphatic carbocycles. The van der Waals surface area contributed by atoms with Crippen LogP contribution in [0.5, 0.6) is 0 Å². The Kier molecular flexibility index (Phi) is 4.62. The quantitative estimate of drug-likeness (QED) is 0.599. The minimum Gasteiger partial charge on any atom is -0.478 e. The number of benzene rings is 1. The Hall–Kier alpha value is -1.43. The zero-order valence-corrected chi connectivity index (χ0v) is 9.50. The molecule has 0 saturated carbocycles. The second-order valence-corrected chi connectivity index (χ2v) is 3.92. The molecule has 17 heavy (non-hydrogen) atoms. The standard InChI is InChI=1S/C12H16O5/c1-7-2-3-8(12(16)17)9(6-7)11(15)10(14)4-5-13/h2-3,6,10-11,13-15H,4-5H2,1H3,(H,16,17). The van der Waals surface area contributed by atoms with Crippen LogP contribution in [-0.2, 0) is 0 Å². The van der Waals surface area contributed by atoms with Gasteiger partial charge in [0.2, 0.25) is 0 Å². The number of aliphatic hydroxyl groups is 3. The molecule has 1 rings (SSSR count). The van der Waals surface area contributed by atoms with Crippen LogP contribution in [0.15, 0.2) is 18.2 Å². The van der Waals surface area contributed by atoms with Crippen LogP contribution in [0.3, 0.4) is 0 Å². The van der Waals surface area contributed by atoms with Crippen molar-refractivity contribution in [2.24, 2.45) is 0 Å². The highest BCUT2D eigenvalue weighted by Gasteiger charge is 2.23. The van der Waals surface area contributed by atoms with Gasteiger partial charge in [0, 0.05) is 6.61 Å². The van der Waals surface area contributed by atoms with Gasteiger partial charge in [-0.25, -0.2) is 4.79 Å². The number of hydrogen-bond donors (Lipinski definition) is 4. The minimum absolute atomic E-state index is 0.00579. The Labute approximate surface area is 99.0 Å². The third-order valence-corrected chi connectivity index (χ3v) is 2.55. The van der Waals surface area contributed by atoms with E-state index in [-0.39, 0.29) is 24.2 Å². The van der Waals surface area contributed by atoms with Crippen molar-refractivity contribution in [1.29, 1.82) is 0 Å². The fraction of sp³-hybridized carbons (Fsp3) is 0.417. The van der Waals surface area contributed by atoms with E-state index in [0.717, 1.165) is 5.56 Å². The fourth-order valence-corrected chi connectivity index (χ4v) is 1.62. The summed E-state index contributed by atoms with van der Waals surface area (Å²) in [6.45, 7) is 1.49. The predicted octanol–water partition coefficient (Wildman–Crippen LogP) is 0.470. The number of carbonyl (C=O) groups is 1. The lowest BCUT2D eigenvalue weighted by molar-refractivity contribution is 0.00348. The van der Waals surface area contributed by atoms with E-state index in [2.05, 4.69) is 0 Å². The normalized spacial score (nSPS) is 14.4. The molecule has 2 unspecified atom stereocenters. The third-order valence-electron chi connectivity index (χ3n) is 2.55. The van der Waals surface area contributed by atoms with E-state index < -0.39 is 18.2 Å². The van der Waals surface area contributed by atoms with Crippen molar-refractivity contribution in [2.45, 2.75) is 25.6 Å². The van der Waals surface area contributed by atoms with Crippen LogP contribution in [0.2, 0.25) is 0 Å². The molecular weight excluding hydrogens is 224 g/mol. The van der Waals surface area contributed by atoms with Gasteiger partial charge in [-0.2, -0.15) is 0 Å². The zero-order chi connectivity index (χ0) is 13.0. The van der Waals surface area contributed by atoms with Crippen molar-refractivity contribution in [3.8, 4) is 0 Å². The summed E-state index contributed by atoms with van der Waals surface area (Å²) in [4.78, 5) is 11.0. The van der Waals surface area contributed by atoms with Gasteiger partial charge in [-0.15, -0.1) is 0 Å². The molecule has 5 heteroatoms. The van der Waals surface area contributed by atoms with Crippen molar-refractivity contribution < 1.29 is 25.2 Å². The first-order valence-electron chi connectivity index (χ1n) is 5.28. The van der Waals surface area contributed by atoms with Crippen molar-refractivity contribution in [2.75, 3.05) is 6.61 Å². The summed E-state index contributed by atoms with van der Waals surface area (Å²) in [6.07, 6.45) is -2.50. The lowest BCUT2D eigenvalue weighted by Gasteiger charge is -2.19. The van der Waals surface area contributed by atoms with Gasteiger partial charge < -0.3 is 20.4 Å². The first-order chi connectivity index (χ1) is 7.97. The number of hydrogen-bond acceptors (Lipinski definition) is 4. The number of rotatable bonds is 5. The second kappa shape index (κ2) is 5.77. The monoisotopic (exact) mass is 240 g/mol. The van der Waals surface area contributed by atoms with Crippen LogP contribution in [0.1, 0.15) is 34.0 Å². The summed E-state index contributed by atoms with van der Waals surface area (Å²) in [5, 5.41) is 37.1. The molecule has 0 heterocycles. The summed E-state index contributed by atoms with van der Waals surface area (Å²) in [5.74, 6) is -1.16. The van der Waals surface area contributed by atoms with E-state index >= 15 is 0 Å². The molecule has 0 bridgehead atoms. The minimum atomic E-state index is -1.31. The van der Waals surface area contributed by atoms with Gasteiger partial charge in [-0.3, -0.25) is 0 Å². The van der Waals surface area contributed by atoms with Crippen LogP contribution < -0.4 is 0 Å². The van der Waals surface area contributed by atoms with Crippen molar-refractivity contribution in [1.82, 2.24) is 0 Å². The largest absolute Gasteiger partial charge is 0.478 e. The molecule has 0 spiro atoms. The van der Waals surface area contributed by atoms with Crippen LogP contribution >= 0.6 is 0 Å². The number of aryl methyl sites for hydroxylation is 1. The number of carboxylic acids is 1. The average molecular weight is 240 g/mol. The molecule has 0 fully saturated rings. The Morgan fingerprint density at radius 3 is 2.53 bits per heavy atom. The maximum Gasteiger partial charge on any atom is 0.336 e. The SMILES string of the molecule is Cc1ccc(C(=O)O)c(C(O)C(O)CCO)c1. The molecule has 0 amide bonds. The molecular formula is C12H16O5. The topological polar surface area (TPSA) is 98.0 Å². The Balaban J connectivity index is 3.10. The van der Waals surface area contributed by atoms with E-state index in [1.165, 1.54) is 12.1 Å². The van der Waals surface area contributed by atoms with Gasteiger partial charge >= 0.3 is 5.97 Å². The molecule has 5 nitrogen and oxygen atoms in total. The molecule has 2 atom stereocenters. The van der Waals surface area contributed by atoms with Gasteiger partial charge in [0.05, 0.1) is 11.7 Å². The zero-order valence-electron chi connectivity index (χ0n) is 9.50. The maximum absolute atomic E-state index is 11.0. The summed E-state index contributed by atoms with van der Waals surface area (Å²) in [6, 6.07) is 4.54. The van der Waals surface area contributed by atoms with E-state index in [1.807, 2.05) is 0 Å². The summed E-state index contributed by atoms with van der Waals surface area (Å²) in [5.41, 5.74) is 0.916. The number of aromatic carboxylic acids is 1. The molecule has 94 valence electrons. The maximum atomic E-state index is 11.0. The molecule has 0 aromatic heterocycles. The molecule has 0 aliphatic rings. The van der Waals surface area contributed by atoms with E-state index in [0.29, 0.717) is 0 Å². The Morgan fingerprint density at radius 1 is 1.35 bits per heavy atom. The highest BCUT2D eigenvalue weighted by Crippen LogP contribution is 2.24. The summed E-state index contributed by atoms with van der Waals surface area (Å²) < 4.78 is 0. The van der Waals surface area contributed by atoms with Gasteiger partial charge in [0.1, 0.15) is 6.10 Å². The predicted molar refractivity (Wildman–Crippen MR) is 60.8 cm³/mol.